The fraction of sp³-hybridized carbons (Fsp3) is 0.211. The summed E-state index contributed by atoms with van der Waals surface area (Å²) < 4.78 is 6.59. The van der Waals surface area contributed by atoms with E-state index < -0.39 is 0 Å². The molecule has 5 nitrogen and oxygen atoms in total. The van der Waals surface area contributed by atoms with Crippen LogP contribution in [0.4, 0.5) is 0 Å². The molecular formula is C19H15ClN2O3S. The van der Waals surface area contributed by atoms with E-state index in [0.717, 1.165) is 5.56 Å². The van der Waals surface area contributed by atoms with Crippen molar-refractivity contribution in [2.24, 2.45) is 0 Å². The molecular weight excluding hydrogens is 372 g/mol. The molecule has 1 aromatic heterocycles. The summed E-state index contributed by atoms with van der Waals surface area (Å²) in [6.07, 6.45) is 0.598. The van der Waals surface area contributed by atoms with Gasteiger partial charge in [-0.15, -0.1) is 0 Å². The molecule has 0 amide bonds. The predicted molar refractivity (Wildman–Crippen MR) is 102 cm³/mol. The van der Waals surface area contributed by atoms with E-state index in [4.69, 9.17) is 16.3 Å². The van der Waals surface area contributed by atoms with E-state index in [2.05, 4.69) is 4.98 Å². The van der Waals surface area contributed by atoms with Gasteiger partial charge in [-0.2, -0.15) is 0 Å². The molecule has 26 heavy (non-hydrogen) atoms. The van der Waals surface area contributed by atoms with Gasteiger partial charge in [-0.05, 0) is 37.3 Å². The smallest absolute Gasteiger partial charge is 0.319 e. The molecule has 4 rings (SSSR count). The molecule has 0 spiro atoms. The van der Waals surface area contributed by atoms with Crippen molar-refractivity contribution in [1.82, 2.24) is 9.55 Å². The number of aromatic nitrogens is 2. The maximum Gasteiger partial charge on any atom is 0.319 e. The summed E-state index contributed by atoms with van der Waals surface area (Å²) in [7, 11) is 0. The highest BCUT2D eigenvalue weighted by molar-refractivity contribution is 8.00. The number of esters is 1. The van der Waals surface area contributed by atoms with Crippen molar-refractivity contribution in [1.29, 1.82) is 0 Å². The third-order valence-corrected chi connectivity index (χ3v) is 5.66. The number of aryl methyl sites for hydroxylation is 1. The third kappa shape index (κ3) is 3.10. The number of fused-ring (bicyclic) bond motifs is 1. The lowest BCUT2D eigenvalue weighted by molar-refractivity contribution is -0.137. The number of hydrogen-bond donors (Lipinski definition) is 0. The molecule has 7 heteroatoms. The summed E-state index contributed by atoms with van der Waals surface area (Å²) >= 11 is 7.32. The largest absolute Gasteiger partial charge is 0.465 e. The molecule has 0 unspecified atom stereocenters. The number of cyclic esters (lactones) is 1. The van der Waals surface area contributed by atoms with Gasteiger partial charge in [-0.1, -0.05) is 41.1 Å². The van der Waals surface area contributed by atoms with Crippen LogP contribution in [0.5, 0.6) is 0 Å². The molecule has 1 fully saturated rings. The van der Waals surface area contributed by atoms with Gasteiger partial charge >= 0.3 is 5.97 Å². The van der Waals surface area contributed by atoms with E-state index in [0.29, 0.717) is 39.8 Å². The Morgan fingerprint density at radius 2 is 1.96 bits per heavy atom. The molecule has 2 heterocycles. The average Bonchev–Trinajstić information content (AvgIpc) is 3.01. The Morgan fingerprint density at radius 3 is 2.65 bits per heavy atom. The lowest BCUT2D eigenvalue weighted by Crippen LogP contribution is -2.23. The highest BCUT2D eigenvalue weighted by Gasteiger charge is 2.29. The van der Waals surface area contributed by atoms with Crippen LogP contribution in [0.3, 0.4) is 0 Å². The second-order valence-electron chi connectivity index (χ2n) is 6.09. The summed E-state index contributed by atoms with van der Waals surface area (Å²) in [5, 5.41) is 1.08. The molecule has 2 aromatic carbocycles. The highest BCUT2D eigenvalue weighted by Crippen LogP contribution is 2.30. The Labute approximate surface area is 159 Å². The Bertz CT molecular complexity index is 1060. The second-order valence-corrected chi connectivity index (χ2v) is 7.70. The zero-order valence-electron chi connectivity index (χ0n) is 13.9. The van der Waals surface area contributed by atoms with E-state index >= 15 is 0 Å². The molecule has 0 N–H and O–H groups in total. The number of rotatable bonds is 3. The van der Waals surface area contributed by atoms with Crippen molar-refractivity contribution in [2.75, 3.05) is 6.61 Å². The summed E-state index contributed by atoms with van der Waals surface area (Å²) in [5.41, 5.74) is 2.12. The number of hydrogen-bond acceptors (Lipinski definition) is 5. The van der Waals surface area contributed by atoms with Crippen LogP contribution in [0.2, 0.25) is 5.02 Å². The van der Waals surface area contributed by atoms with Crippen molar-refractivity contribution in [3.05, 3.63) is 63.4 Å². The number of nitrogens with zero attached hydrogens (tertiary/aromatic N) is 2. The minimum atomic E-state index is -0.366. The van der Waals surface area contributed by atoms with Crippen molar-refractivity contribution in [3.63, 3.8) is 0 Å². The van der Waals surface area contributed by atoms with Gasteiger partial charge in [0, 0.05) is 11.4 Å². The van der Waals surface area contributed by atoms with Crippen LogP contribution in [-0.2, 0) is 9.53 Å². The number of benzene rings is 2. The maximum atomic E-state index is 13.2. The van der Waals surface area contributed by atoms with E-state index in [9.17, 15) is 9.59 Å². The SMILES string of the molecule is Cc1ccc(-n2c(S[C@@H]3CCOC3=O)nc3cc(Cl)ccc3c2=O)cc1. The lowest BCUT2D eigenvalue weighted by atomic mass is 10.2. The van der Waals surface area contributed by atoms with E-state index in [1.807, 2.05) is 31.2 Å². The number of thioether (sulfide) groups is 1. The number of ether oxygens (including phenoxy) is 1. The van der Waals surface area contributed by atoms with Gasteiger partial charge in [0.1, 0.15) is 5.25 Å². The van der Waals surface area contributed by atoms with Crippen LogP contribution in [0.1, 0.15) is 12.0 Å². The van der Waals surface area contributed by atoms with Gasteiger partial charge < -0.3 is 4.74 Å². The monoisotopic (exact) mass is 386 g/mol. The summed E-state index contributed by atoms with van der Waals surface area (Å²) in [6, 6.07) is 12.6. The normalized spacial score (nSPS) is 16.8. The van der Waals surface area contributed by atoms with Gasteiger partial charge in [0.25, 0.3) is 5.56 Å². The lowest BCUT2D eigenvalue weighted by Gasteiger charge is -2.15. The van der Waals surface area contributed by atoms with Gasteiger partial charge in [0.2, 0.25) is 0 Å². The standard InChI is InChI=1S/C19H15ClN2O3S/c1-11-2-5-13(6-3-11)22-17(23)14-7-4-12(20)10-15(14)21-19(22)26-16-8-9-25-18(16)24/h2-7,10,16H,8-9H2,1H3/t16-/m1/s1. The average molecular weight is 387 g/mol. The van der Waals surface area contributed by atoms with Crippen LogP contribution < -0.4 is 5.56 Å². The van der Waals surface area contributed by atoms with Crippen LogP contribution >= 0.6 is 23.4 Å². The Kier molecular flexibility index (Phi) is 4.46. The molecule has 3 aromatic rings. The molecule has 0 radical (unpaired) electrons. The fourth-order valence-corrected chi connectivity index (χ4v) is 4.09. The fourth-order valence-electron chi connectivity index (χ4n) is 2.85. The minimum absolute atomic E-state index is 0.190. The molecule has 132 valence electrons. The number of carbonyl (C=O) groups excluding carboxylic acids is 1. The Hall–Kier alpha value is -2.31. The van der Waals surface area contributed by atoms with Crippen LogP contribution in [0.25, 0.3) is 16.6 Å². The zero-order chi connectivity index (χ0) is 18.3. The molecule has 1 saturated heterocycles. The van der Waals surface area contributed by atoms with Gasteiger partial charge in [0.15, 0.2) is 5.16 Å². The van der Waals surface area contributed by atoms with Crippen LogP contribution in [-0.4, -0.2) is 27.4 Å². The van der Waals surface area contributed by atoms with Crippen molar-refractivity contribution < 1.29 is 9.53 Å². The first-order valence-electron chi connectivity index (χ1n) is 8.15. The molecule has 1 aliphatic rings. The van der Waals surface area contributed by atoms with Crippen molar-refractivity contribution >= 4 is 40.2 Å². The minimum Gasteiger partial charge on any atom is -0.465 e. The van der Waals surface area contributed by atoms with Gasteiger partial charge in [0.05, 0.1) is 23.2 Å². The first kappa shape index (κ1) is 17.1. The van der Waals surface area contributed by atoms with Gasteiger partial charge in [-0.25, -0.2) is 4.98 Å². The highest BCUT2D eigenvalue weighted by atomic mass is 35.5. The van der Waals surface area contributed by atoms with Crippen molar-refractivity contribution in [3.8, 4) is 5.69 Å². The summed E-state index contributed by atoms with van der Waals surface area (Å²) in [5.74, 6) is -0.272. The number of carbonyl (C=O) groups is 1. The first-order chi connectivity index (χ1) is 12.5. The Balaban J connectivity index is 1.93. The van der Waals surface area contributed by atoms with E-state index in [1.54, 1.807) is 22.8 Å². The summed E-state index contributed by atoms with van der Waals surface area (Å²) in [6.45, 7) is 2.38. The maximum absolute atomic E-state index is 13.2. The molecule has 1 atom stereocenters. The number of halogens is 1. The summed E-state index contributed by atoms with van der Waals surface area (Å²) in [4.78, 5) is 29.7. The second kappa shape index (κ2) is 6.78. The quantitative estimate of drug-likeness (QED) is 0.506. The Morgan fingerprint density at radius 1 is 1.19 bits per heavy atom. The van der Waals surface area contributed by atoms with Gasteiger partial charge in [-0.3, -0.25) is 14.2 Å². The van der Waals surface area contributed by atoms with E-state index in [1.165, 1.54) is 11.8 Å². The van der Waals surface area contributed by atoms with Crippen LogP contribution in [0.15, 0.2) is 52.4 Å². The molecule has 0 saturated carbocycles. The predicted octanol–water partition coefficient (Wildman–Crippen LogP) is 3.76. The van der Waals surface area contributed by atoms with Crippen LogP contribution in [0, 0.1) is 6.92 Å². The molecule has 0 aliphatic carbocycles. The van der Waals surface area contributed by atoms with E-state index in [-0.39, 0.29) is 16.8 Å². The van der Waals surface area contributed by atoms with Crippen molar-refractivity contribution in [2.45, 2.75) is 23.8 Å². The topological polar surface area (TPSA) is 61.2 Å². The molecule has 0 bridgehead atoms. The molecule has 1 aliphatic heterocycles. The first-order valence-corrected chi connectivity index (χ1v) is 9.41. The third-order valence-electron chi connectivity index (χ3n) is 4.23. The zero-order valence-corrected chi connectivity index (χ0v) is 15.5.